The van der Waals surface area contributed by atoms with E-state index in [0.29, 0.717) is 6.54 Å². The van der Waals surface area contributed by atoms with Crippen molar-refractivity contribution in [2.24, 2.45) is 7.05 Å². The zero-order valence-corrected chi connectivity index (χ0v) is 14.1. The van der Waals surface area contributed by atoms with Gasteiger partial charge in [-0.2, -0.15) is 5.10 Å². The molecule has 0 bridgehead atoms. The predicted octanol–water partition coefficient (Wildman–Crippen LogP) is 1.61. The van der Waals surface area contributed by atoms with Crippen molar-refractivity contribution in [2.45, 2.75) is 25.9 Å². The standard InChI is InChI=1S/C17H23N5O2/c1-13-16(11-21(2)20-13)19-17(23)12-22-9-5-15(6-10-22)24-14-3-7-18-8-4-14/h3-4,7-8,11,15H,5-6,9-10,12H2,1-2H3,(H,19,23). The van der Waals surface area contributed by atoms with Gasteiger partial charge in [-0.15, -0.1) is 0 Å². The molecule has 7 nitrogen and oxygen atoms in total. The molecule has 1 fully saturated rings. The van der Waals surface area contributed by atoms with Crippen LogP contribution in [0, 0.1) is 6.92 Å². The molecule has 1 amide bonds. The number of pyridine rings is 1. The van der Waals surface area contributed by atoms with Crippen LogP contribution in [0.1, 0.15) is 18.5 Å². The number of carbonyl (C=O) groups is 1. The topological polar surface area (TPSA) is 72.3 Å². The maximum atomic E-state index is 12.2. The van der Waals surface area contributed by atoms with Crippen LogP contribution in [0.15, 0.2) is 30.7 Å². The first kappa shape index (κ1) is 16.4. The molecule has 3 rings (SSSR count). The molecule has 0 unspecified atom stereocenters. The number of aromatic nitrogens is 3. The summed E-state index contributed by atoms with van der Waals surface area (Å²) in [4.78, 5) is 18.3. The highest BCUT2D eigenvalue weighted by Gasteiger charge is 2.22. The van der Waals surface area contributed by atoms with Crippen LogP contribution < -0.4 is 10.1 Å². The molecule has 24 heavy (non-hydrogen) atoms. The van der Waals surface area contributed by atoms with Gasteiger partial charge < -0.3 is 10.1 Å². The van der Waals surface area contributed by atoms with E-state index in [9.17, 15) is 4.79 Å². The Morgan fingerprint density at radius 2 is 2.04 bits per heavy atom. The summed E-state index contributed by atoms with van der Waals surface area (Å²) in [7, 11) is 1.84. The fourth-order valence-corrected chi connectivity index (χ4v) is 2.91. The average Bonchev–Trinajstić information content (AvgIpc) is 2.87. The molecule has 0 radical (unpaired) electrons. The quantitative estimate of drug-likeness (QED) is 0.902. The second-order valence-electron chi connectivity index (χ2n) is 6.13. The fourth-order valence-electron chi connectivity index (χ4n) is 2.91. The molecule has 0 aliphatic carbocycles. The van der Waals surface area contributed by atoms with Crippen molar-refractivity contribution in [2.75, 3.05) is 25.0 Å². The lowest BCUT2D eigenvalue weighted by atomic mass is 10.1. The van der Waals surface area contributed by atoms with Gasteiger partial charge in [0.05, 0.1) is 17.9 Å². The first-order valence-electron chi connectivity index (χ1n) is 8.19. The minimum Gasteiger partial charge on any atom is -0.490 e. The van der Waals surface area contributed by atoms with Gasteiger partial charge in [0.15, 0.2) is 0 Å². The number of amides is 1. The van der Waals surface area contributed by atoms with E-state index in [1.165, 1.54) is 0 Å². The molecule has 1 saturated heterocycles. The number of aryl methyl sites for hydroxylation is 2. The maximum Gasteiger partial charge on any atom is 0.238 e. The Morgan fingerprint density at radius 3 is 2.67 bits per heavy atom. The van der Waals surface area contributed by atoms with Crippen molar-refractivity contribution in [3.63, 3.8) is 0 Å². The molecule has 3 heterocycles. The largest absolute Gasteiger partial charge is 0.490 e. The van der Waals surface area contributed by atoms with Crippen LogP contribution in [-0.2, 0) is 11.8 Å². The summed E-state index contributed by atoms with van der Waals surface area (Å²) in [5.41, 5.74) is 1.61. The van der Waals surface area contributed by atoms with Gasteiger partial charge in [-0.3, -0.25) is 19.4 Å². The Morgan fingerprint density at radius 1 is 1.33 bits per heavy atom. The second kappa shape index (κ2) is 7.44. The van der Waals surface area contributed by atoms with Crippen LogP contribution in [0.4, 0.5) is 5.69 Å². The zero-order valence-electron chi connectivity index (χ0n) is 14.1. The minimum atomic E-state index is -0.000368. The number of likely N-dealkylation sites (tertiary alicyclic amines) is 1. The average molecular weight is 329 g/mol. The lowest BCUT2D eigenvalue weighted by Gasteiger charge is -2.31. The third-order valence-electron chi connectivity index (χ3n) is 4.14. The molecule has 1 aliphatic rings. The summed E-state index contributed by atoms with van der Waals surface area (Å²) in [6.45, 7) is 4.00. The number of piperidine rings is 1. The molecule has 0 spiro atoms. The van der Waals surface area contributed by atoms with E-state index in [2.05, 4.69) is 20.3 Å². The van der Waals surface area contributed by atoms with Gasteiger partial charge in [-0.05, 0) is 31.9 Å². The number of hydrogen-bond acceptors (Lipinski definition) is 5. The Kier molecular flexibility index (Phi) is 5.10. The Labute approximate surface area is 141 Å². The molecular weight excluding hydrogens is 306 g/mol. The molecule has 0 aromatic carbocycles. The van der Waals surface area contributed by atoms with Gasteiger partial charge in [0, 0.05) is 38.7 Å². The summed E-state index contributed by atoms with van der Waals surface area (Å²) >= 11 is 0. The molecule has 0 atom stereocenters. The van der Waals surface area contributed by atoms with Crippen LogP contribution >= 0.6 is 0 Å². The van der Waals surface area contributed by atoms with Crippen molar-refractivity contribution < 1.29 is 9.53 Å². The van der Waals surface area contributed by atoms with E-state index in [1.807, 2.05) is 32.3 Å². The van der Waals surface area contributed by atoms with E-state index < -0.39 is 0 Å². The number of rotatable bonds is 5. The van der Waals surface area contributed by atoms with Crippen molar-refractivity contribution >= 4 is 11.6 Å². The number of nitrogens with zero attached hydrogens (tertiary/aromatic N) is 4. The molecule has 1 N–H and O–H groups in total. The first-order chi connectivity index (χ1) is 11.6. The Bertz CT molecular complexity index is 678. The van der Waals surface area contributed by atoms with E-state index >= 15 is 0 Å². The van der Waals surface area contributed by atoms with Gasteiger partial charge >= 0.3 is 0 Å². The molecule has 2 aromatic heterocycles. The summed E-state index contributed by atoms with van der Waals surface area (Å²) in [5, 5.41) is 7.16. The number of hydrogen-bond donors (Lipinski definition) is 1. The van der Waals surface area contributed by atoms with Crippen molar-refractivity contribution in [1.82, 2.24) is 19.7 Å². The maximum absolute atomic E-state index is 12.2. The Balaban J connectivity index is 1.43. The van der Waals surface area contributed by atoms with Crippen LogP contribution in [0.2, 0.25) is 0 Å². The molecule has 128 valence electrons. The van der Waals surface area contributed by atoms with E-state index in [0.717, 1.165) is 43.1 Å². The van der Waals surface area contributed by atoms with Crippen molar-refractivity contribution in [3.8, 4) is 5.75 Å². The minimum absolute atomic E-state index is 0.000368. The normalized spacial score (nSPS) is 16.1. The van der Waals surface area contributed by atoms with Crippen molar-refractivity contribution in [3.05, 3.63) is 36.4 Å². The molecule has 0 saturated carbocycles. The summed E-state index contributed by atoms with van der Waals surface area (Å²) < 4.78 is 7.65. The highest BCUT2D eigenvalue weighted by Crippen LogP contribution is 2.18. The Hall–Kier alpha value is -2.41. The van der Waals surface area contributed by atoms with Crippen LogP contribution in [0.25, 0.3) is 0 Å². The smallest absolute Gasteiger partial charge is 0.238 e. The molecule has 1 aliphatic heterocycles. The van der Waals surface area contributed by atoms with E-state index in [4.69, 9.17) is 4.74 Å². The van der Waals surface area contributed by atoms with Crippen LogP contribution in [0.3, 0.4) is 0 Å². The highest BCUT2D eigenvalue weighted by atomic mass is 16.5. The molecule has 2 aromatic rings. The van der Waals surface area contributed by atoms with E-state index in [-0.39, 0.29) is 12.0 Å². The summed E-state index contributed by atoms with van der Waals surface area (Å²) in [6, 6.07) is 3.74. The van der Waals surface area contributed by atoms with Gasteiger partial charge in [0.25, 0.3) is 0 Å². The second-order valence-corrected chi connectivity index (χ2v) is 6.13. The number of anilines is 1. The number of carbonyl (C=O) groups excluding carboxylic acids is 1. The third-order valence-corrected chi connectivity index (χ3v) is 4.14. The van der Waals surface area contributed by atoms with Gasteiger partial charge in [0.1, 0.15) is 11.9 Å². The SMILES string of the molecule is Cc1nn(C)cc1NC(=O)CN1CCC(Oc2ccncc2)CC1. The van der Waals surface area contributed by atoms with Gasteiger partial charge in [0.2, 0.25) is 5.91 Å². The molecule has 7 heteroatoms. The lowest BCUT2D eigenvalue weighted by Crippen LogP contribution is -2.42. The van der Waals surface area contributed by atoms with Gasteiger partial charge in [-0.1, -0.05) is 0 Å². The van der Waals surface area contributed by atoms with Crippen LogP contribution in [-0.4, -0.2) is 51.3 Å². The summed E-state index contributed by atoms with van der Waals surface area (Å²) in [6.07, 6.45) is 7.32. The number of ether oxygens (including phenoxy) is 1. The lowest BCUT2D eigenvalue weighted by molar-refractivity contribution is -0.117. The first-order valence-corrected chi connectivity index (χ1v) is 8.19. The highest BCUT2D eigenvalue weighted by molar-refractivity contribution is 5.92. The van der Waals surface area contributed by atoms with E-state index in [1.54, 1.807) is 17.1 Å². The fraction of sp³-hybridized carbons (Fsp3) is 0.471. The monoisotopic (exact) mass is 329 g/mol. The third kappa shape index (κ3) is 4.32. The predicted molar refractivity (Wildman–Crippen MR) is 90.9 cm³/mol. The molecular formula is C17H23N5O2. The summed E-state index contributed by atoms with van der Waals surface area (Å²) in [5.74, 6) is 0.854. The van der Waals surface area contributed by atoms with Crippen molar-refractivity contribution in [1.29, 1.82) is 0 Å². The zero-order chi connectivity index (χ0) is 16.9. The van der Waals surface area contributed by atoms with Crippen LogP contribution in [0.5, 0.6) is 5.75 Å². The van der Waals surface area contributed by atoms with Gasteiger partial charge in [-0.25, -0.2) is 0 Å². The number of nitrogens with one attached hydrogen (secondary N) is 1.